The summed E-state index contributed by atoms with van der Waals surface area (Å²) in [6.07, 6.45) is 1.07. The van der Waals surface area contributed by atoms with Crippen molar-refractivity contribution >= 4 is 21.8 Å². The van der Waals surface area contributed by atoms with Crippen molar-refractivity contribution in [2.24, 2.45) is 5.92 Å². The molecule has 2 aromatic carbocycles. The predicted molar refractivity (Wildman–Crippen MR) is 92.7 cm³/mol. The number of amides is 1. The molecule has 0 heterocycles. The van der Waals surface area contributed by atoms with Gasteiger partial charge in [-0.05, 0) is 41.7 Å². The molecule has 1 aliphatic rings. The first-order valence-electron chi connectivity index (χ1n) is 7.87. The summed E-state index contributed by atoms with van der Waals surface area (Å²) in [6, 6.07) is 11.2. The Morgan fingerprint density at radius 1 is 1.25 bits per heavy atom. The summed E-state index contributed by atoms with van der Waals surface area (Å²) in [5.74, 6) is -0.968. The molecular weight excluding hydrogens is 376 g/mol. The van der Waals surface area contributed by atoms with Crippen molar-refractivity contribution in [2.45, 2.75) is 25.2 Å². The topological polar surface area (TPSA) is 29.1 Å². The Labute approximate surface area is 148 Å². The molecule has 1 aliphatic carbocycles. The zero-order valence-corrected chi connectivity index (χ0v) is 14.9. The van der Waals surface area contributed by atoms with Gasteiger partial charge in [0.15, 0.2) is 0 Å². The standard InChI is InChI=1S/C19H18BrF2NO/c1-12-10-19(12,16-7-6-15(21)9-17(16)22)11-23-18(24)8-13-2-4-14(20)5-3-13/h2-7,9,12H,8,10-11H2,1H3,(H,23,24). The van der Waals surface area contributed by atoms with Gasteiger partial charge >= 0.3 is 0 Å². The van der Waals surface area contributed by atoms with E-state index < -0.39 is 17.0 Å². The van der Waals surface area contributed by atoms with Crippen LogP contribution in [0.1, 0.15) is 24.5 Å². The fourth-order valence-corrected chi connectivity index (χ4v) is 3.47. The van der Waals surface area contributed by atoms with Gasteiger partial charge in [0.25, 0.3) is 0 Å². The zero-order chi connectivity index (χ0) is 17.3. The van der Waals surface area contributed by atoms with Gasteiger partial charge in [-0.3, -0.25) is 4.79 Å². The smallest absolute Gasteiger partial charge is 0.224 e. The SMILES string of the molecule is CC1CC1(CNC(=O)Cc1ccc(Br)cc1)c1ccc(F)cc1F. The van der Waals surface area contributed by atoms with Crippen LogP contribution < -0.4 is 5.32 Å². The quantitative estimate of drug-likeness (QED) is 0.802. The van der Waals surface area contributed by atoms with Crippen molar-refractivity contribution < 1.29 is 13.6 Å². The highest BCUT2D eigenvalue weighted by molar-refractivity contribution is 9.10. The molecule has 2 atom stereocenters. The molecule has 1 N–H and O–H groups in total. The van der Waals surface area contributed by atoms with E-state index in [-0.39, 0.29) is 18.2 Å². The average Bonchev–Trinajstić information content (AvgIpc) is 3.19. The van der Waals surface area contributed by atoms with E-state index in [1.807, 2.05) is 31.2 Å². The maximum atomic E-state index is 14.1. The molecule has 3 rings (SSSR count). The lowest BCUT2D eigenvalue weighted by atomic mass is 9.92. The van der Waals surface area contributed by atoms with Crippen LogP contribution >= 0.6 is 15.9 Å². The first-order chi connectivity index (χ1) is 11.4. The normalized spacial score (nSPS) is 22.2. The number of halogens is 3. The third kappa shape index (κ3) is 3.51. The van der Waals surface area contributed by atoms with E-state index in [1.165, 1.54) is 12.1 Å². The van der Waals surface area contributed by atoms with Gasteiger partial charge in [0, 0.05) is 22.5 Å². The number of carbonyl (C=O) groups is 1. The molecule has 0 bridgehead atoms. The van der Waals surface area contributed by atoms with E-state index in [0.717, 1.165) is 22.5 Å². The van der Waals surface area contributed by atoms with E-state index in [9.17, 15) is 13.6 Å². The van der Waals surface area contributed by atoms with Crippen LogP contribution in [0, 0.1) is 17.6 Å². The highest BCUT2D eigenvalue weighted by Gasteiger charge is 2.53. The molecule has 24 heavy (non-hydrogen) atoms. The van der Waals surface area contributed by atoms with Crippen LogP contribution in [0.5, 0.6) is 0 Å². The Bertz CT molecular complexity index is 762. The van der Waals surface area contributed by atoms with Gasteiger partial charge in [-0.1, -0.05) is 41.1 Å². The van der Waals surface area contributed by atoms with Crippen LogP contribution in [0.4, 0.5) is 8.78 Å². The van der Waals surface area contributed by atoms with Crippen molar-refractivity contribution in [3.63, 3.8) is 0 Å². The maximum absolute atomic E-state index is 14.1. The second-order valence-corrected chi connectivity index (χ2v) is 7.38. The molecule has 0 aromatic heterocycles. The number of rotatable bonds is 5. The first kappa shape index (κ1) is 17.1. The third-order valence-electron chi connectivity index (χ3n) is 4.80. The molecule has 5 heteroatoms. The van der Waals surface area contributed by atoms with Crippen LogP contribution in [-0.4, -0.2) is 12.5 Å². The Kier molecular flexibility index (Phi) is 4.72. The summed E-state index contributed by atoms with van der Waals surface area (Å²) in [5, 5.41) is 2.91. The zero-order valence-electron chi connectivity index (χ0n) is 13.3. The molecule has 2 unspecified atom stereocenters. The molecule has 0 saturated heterocycles. The minimum absolute atomic E-state index is 0.0988. The molecule has 2 nitrogen and oxygen atoms in total. The predicted octanol–water partition coefficient (Wildman–Crippen LogP) is 4.36. The minimum Gasteiger partial charge on any atom is -0.355 e. The van der Waals surface area contributed by atoms with Crippen LogP contribution in [0.15, 0.2) is 46.9 Å². The average molecular weight is 394 g/mol. The van der Waals surface area contributed by atoms with Crippen molar-refractivity contribution in [1.29, 1.82) is 0 Å². The fraction of sp³-hybridized carbons (Fsp3) is 0.316. The van der Waals surface area contributed by atoms with Crippen LogP contribution in [0.3, 0.4) is 0 Å². The molecule has 1 amide bonds. The lowest BCUT2D eigenvalue weighted by molar-refractivity contribution is -0.120. The molecule has 1 fully saturated rings. The number of hydrogen-bond acceptors (Lipinski definition) is 1. The monoisotopic (exact) mass is 393 g/mol. The fourth-order valence-electron chi connectivity index (χ4n) is 3.20. The lowest BCUT2D eigenvalue weighted by Gasteiger charge is -2.19. The number of nitrogens with one attached hydrogen (secondary N) is 1. The Morgan fingerprint density at radius 3 is 2.50 bits per heavy atom. The minimum atomic E-state index is -0.584. The van der Waals surface area contributed by atoms with Crippen molar-refractivity contribution in [3.05, 3.63) is 69.7 Å². The second-order valence-electron chi connectivity index (χ2n) is 6.47. The van der Waals surface area contributed by atoms with Crippen molar-refractivity contribution in [3.8, 4) is 0 Å². The first-order valence-corrected chi connectivity index (χ1v) is 8.67. The largest absolute Gasteiger partial charge is 0.355 e. The highest BCUT2D eigenvalue weighted by atomic mass is 79.9. The van der Waals surface area contributed by atoms with Gasteiger partial charge in [-0.25, -0.2) is 8.78 Å². The maximum Gasteiger partial charge on any atom is 0.224 e. The molecule has 2 aromatic rings. The van der Waals surface area contributed by atoms with Crippen molar-refractivity contribution in [1.82, 2.24) is 5.32 Å². The van der Waals surface area contributed by atoms with Gasteiger partial charge in [-0.15, -0.1) is 0 Å². The summed E-state index contributed by atoms with van der Waals surface area (Å²) in [4.78, 5) is 12.2. The van der Waals surface area contributed by atoms with Gasteiger partial charge in [0.05, 0.1) is 6.42 Å². The molecule has 0 aliphatic heterocycles. The van der Waals surface area contributed by atoms with E-state index in [2.05, 4.69) is 21.2 Å². The summed E-state index contributed by atoms with van der Waals surface area (Å²) in [7, 11) is 0. The summed E-state index contributed by atoms with van der Waals surface area (Å²) in [5.41, 5.74) is 0.981. The molecule has 1 saturated carbocycles. The Hall–Kier alpha value is -1.75. The van der Waals surface area contributed by atoms with Gasteiger partial charge in [0.2, 0.25) is 5.91 Å². The van der Waals surface area contributed by atoms with Crippen LogP contribution in [0.2, 0.25) is 0 Å². The second kappa shape index (κ2) is 6.63. The van der Waals surface area contributed by atoms with Gasteiger partial charge < -0.3 is 5.32 Å². The van der Waals surface area contributed by atoms with Crippen LogP contribution in [-0.2, 0) is 16.6 Å². The highest BCUT2D eigenvalue weighted by Crippen LogP contribution is 2.54. The number of carbonyl (C=O) groups excluding carboxylic acids is 1. The molecule has 0 radical (unpaired) electrons. The molecular formula is C19H18BrF2NO. The van der Waals surface area contributed by atoms with Crippen molar-refractivity contribution in [2.75, 3.05) is 6.54 Å². The number of benzene rings is 2. The van der Waals surface area contributed by atoms with E-state index >= 15 is 0 Å². The van der Waals surface area contributed by atoms with Gasteiger partial charge in [-0.2, -0.15) is 0 Å². The van der Waals surface area contributed by atoms with Gasteiger partial charge in [0.1, 0.15) is 11.6 Å². The third-order valence-corrected chi connectivity index (χ3v) is 5.33. The summed E-state index contributed by atoms with van der Waals surface area (Å²) >= 11 is 3.36. The Morgan fingerprint density at radius 2 is 1.92 bits per heavy atom. The van der Waals surface area contributed by atoms with E-state index in [1.54, 1.807) is 0 Å². The van der Waals surface area contributed by atoms with E-state index in [0.29, 0.717) is 12.1 Å². The Balaban J connectivity index is 1.66. The molecule has 126 valence electrons. The summed E-state index contributed by atoms with van der Waals surface area (Å²) < 4.78 is 28.2. The molecule has 0 spiro atoms. The van der Waals surface area contributed by atoms with E-state index in [4.69, 9.17) is 0 Å². The number of hydrogen-bond donors (Lipinski definition) is 1. The lowest BCUT2D eigenvalue weighted by Crippen LogP contribution is -2.34. The summed E-state index contributed by atoms with van der Waals surface area (Å²) in [6.45, 7) is 2.38. The van der Waals surface area contributed by atoms with Crippen LogP contribution in [0.25, 0.3) is 0 Å².